The highest BCUT2D eigenvalue weighted by Crippen LogP contribution is 2.26. The maximum atomic E-state index is 10.7. The third kappa shape index (κ3) is 3.30. The second-order valence-electron chi connectivity index (χ2n) is 5.86. The monoisotopic (exact) mass is 346 g/mol. The second kappa shape index (κ2) is 7.14. The maximum Gasteiger partial charge on any atom is 0.277 e. The van der Waals surface area contributed by atoms with Crippen LogP contribution in [0.15, 0.2) is 60.9 Å². The summed E-state index contributed by atoms with van der Waals surface area (Å²) in [5.41, 5.74) is 8.59. The van der Waals surface area contributed by atoms with Crippen LogP contribution in [0.25, 0.3) is 21.5 Å². The predicted octanol–water partition coefficient (Wildman–Crippen LogP) is 4.58. The van der Waals surface area contributed by atoms with E-state index in [0.717, 1.165) is 33.2 Å². The van der Waals surface area contributed by atoms with E-state index in [4.69, 9.17) is 5.73 Å². The van der Waals surface area contributed by atoms with Crippen LogP contribution in [0.1, 0.15) is 11.4 Å². The molecule has 6 nitrogen and oxygen atoms in total. The van der Waals surface area contributed by atoms with Gasteiger partial charge in [0, 0.05) is 51.7 Å². The number of aromatic nitrogens is 2. The standard InChI is InChI=1S/C10H8N2O2.C10H10N2/c1-7-8-3-2-4-10(12(13)14)9(8)5-6-11-7;1-7-8-3-2-4-10(11)9(8)5-6-12-7/h2-6H,1H3;2-6H,11H2,1H3. The first-order valence-electron chi connectivity index (χ1n) is 8.07. The van der Waals surface area contributed by atoms with E-state index in [0.29, 0.717) is 5.39 Å². The molecule has 0 bridgehead atoms. The molecule has 4 aromatic rings. The Balaban J connectivity index is 0.000000152. The summed E-state index contributed by atoms with van der Waals surface area (Å²) in [4.78, 5) is 18.6. The Hall–Kier alpha value is -3.54. The van der Waals surface area contributed by atoms with Crippen molar-refractivity contribution in [1.82, 2.24) is 9.97 Å². The summed E-state index contributed by atoms with van der Waals surface area (Å²) < 4.78 is 0. The minimum Gasteiger partial charge on any atom is -0.398 e. The van der Waals surface area contributed by atoms with E-state index in [9.17, 15) is 10.1 Å². The number of benzene rings is 2. The molecule has 4 rings (SSSR count). The molecule has 0 amide bonds. The number of hydrogen-bond donors (Lipinski definition) is 1. The van der Waals surface area contributed by atoms with Gasteiger partial charge in [0.25, 0.3) is 5.69 Å². The zero-order chi connectivity index (χ0) is 18.7. The van der Waals surface area contributed by atoms with Crippen molar-refractivity contribution in [2.24, 2.45) is 0 Å². The zero-order valence-corrected chi connectivity index (χ0v) is 14.5. The Morgan fingerprint density at radius 2 is 1.35 bits per heavy atom. The third-order valence-electron chi connectivity index (χ3n) is 4.22. The van der Waals surface area contributed by atoms with Gasteiger partial charge in [0.05, 0.1) is 10.3 Å². The molecule has 2 heterocycles. The van der Waals surface area contributed by atoms with Crippen LogP contribution in [-0.4, -0.2) is 14.9 Å². The molecule has 2 aromatic heterocycles. The van der Waals surface area contributed by atoms with E-state index in [2.05, 4.69) is 9.97 Å². The number of non-ortho nitro benzene ring substituents is 1. The first kappa shape index (κ1) is 17.3. The number of nitro benzene ring substituents is 1. The molecule has 0 fully saturated rings. The Morgan fingerprint density at radius 3 is 1.92 bits per heavy atom. The van der Waals surface area contributed by atoms with Gasteiger partial charge in [-0.3, -0.25) is 20.1 Å². The fourth-order valence-electron chi connectivity index (χ4n) is 2.87. The van der Waals surface area contributed by atoms with E-state index in [1.165, 1.54) is 6.07 Å². The molecule has 0 saturated heterocycles. The van der Waals surface area contributed by atoms with Gasteiger partial charge in [-0.05, 0) is 32.0 Å². The van der Waals surface area contributed by atoms with Gasteiger partial charge in [-0.15, -0.1) is 0 Å². The van der Waals surface area contributed by atoms with Crippen molar-refractivity contribution in [2.75, 3.05) is 5.73 Å². The molecule has 0 spiro atoms. The molecule has 0 unspecified atom stereocenters. The van der Waals surface area contributed by atoms with Crippen LogP contribution in [0.4, 0.5) is 11.4 Å². The van der Waals surface area contributed by atoms with Crippen LogP contribution >= 0.6 is 0 Å². The molecule has 26 heavy (non-hydrogen) atoms. The zero-order valence-electron chi connectivity index (χ0n) is 14.5. The van der Waals surface area contributed by atoms with Crippen molar-refractivity contribution >= 4 is 32.9 Å². The van der Waals surface area contributed by atoms with Gasteiger partial charge in [0.15, 0.2) is 0 Å². The summed E-state index contributed by atoms with van der Waals surface area (Å²) in [5.74, 6) is 0. The number of anilines is 1. The van der Waals surface area contributed by atoms with Crippen LogP contribution in [0.2, 0.25) is 0 Å². The topological polar surface area (TPSA) is 94.9 Å². The molecular formula is C20H18N4O2. The lowest BCUT2D eigenvalue weighted by atomic mass is 10.1. The SMILES string of the molecule is Cc1nccc2c(N)cccc12.Cc1nccc2c([N+](=O)[O-])cccc12. The van der Waals surface area contributed by atoms with E-state index in [1.807, 2.05) is 44.2 Å². The number of nitrogen functional groups attached to an aromatic ring is 1. The molecule has 0 aliphatic rings. The number of aryl methyl sites for hydroxylation is 2. The summed E-state index contributed by atoms with van der Waals surface area (Å²) in [6.45, 7) is 3.83. The van der Waals surface area contributed by atoms with Gasteiger partial charge in [-0.25, -0.2) is 0 Å². The molecule has 0 atom stereocenters. The van der Waals surface area contributed by atoms with Gasteiger partial charge >= 0.3 is 0 Å². The fraction of sp³-hybridized carbons (Fsp3) is 0.100. The van der Waals surface area contributed by atoms with Gasteiger partial charge in [0.1, 0.15) is 0 Å². The summed E-state index contributed by atoms with van der Waals surface area (Å²) in [5, 5.41) is 14.4. The number of nitrogens with two attached hydrogens (primary N) is 1. The molecule has 130 valence electrons. The quantitative estimate of drug-likeness (QED) is 0.309. The number of fused-ring (bicyclic) bond motifs is 2. The Morgan fingerprint density at radius 1 is 0.808 bits per heavy atom. The molecule has 0 aliphatic heterocycles. The highest BCUT2D eigenvalue weighted by molar-refractivity contribution is 5.94. The smallest absolute Gasteiger partial charge is 0.277 e. The van der Waals surface area contributed by atoms with E-state index < -0.39 is 0 Å². The lowest BCUT2D eigenvalue weighted by Crippen LogP contribution is -1.91. The molecule has 2 N–H and O–H groups in total. The summed E-state index contributed by atoms with van der Waals surface area (Å²) >= 11 is 0. The van der Waals surface area contributed by atoms with E-state index >= 15 is 0 Å². The van der Waals surface area contributed by atoms with Crippen LogP contribution in [-0.2, 0) is 0 Å². The molecular weight excluding hydrogens is 328 g/mol. The van der Waals surface area contributed by atoms with E-state index in [1.54, 1.807) is 24.5 Å². The van der Waals surface area contributed by atoms with Crippen molar-refractivity contribution in [2.45, 2.75) is 13.8 Å². The van der Waals surface area contributed by atoms with E-state index in [-0.39, 0.29) is 10.6 Å². The van der Waals surface area contributed by atoms with Crippen LogP contribution in [0.5, 0.6) is 0 Å². The highest BCUT2D eigenvalue weighted by atomic mass is 16.6. The van der Waals surface area contributed by atoms with Crippen LogP contribution < -0.4 is 5.73 Å². The van der Waals surface area contributed by atoms with Crippen LogP contribution in [0, 0.1) is 24.0 Å². The fourth-order valence-corrected chi connectivity index (χ4v) is 2.87. The number of rotatable bonds is 1. The number of pyridine rings is 2. The van der Waals surface area contributed by atoms with Crippen molar-refractivity contribution in [3.8, 4) is 0 Å². The minimum absolute atomic E-state index is 0.132. The van der Waals surface area contributed by atoms with Crippen molar-refractivity contribution in [3.63, 3.8) is 0 Å². The first-order valence-corrected chi connectivity index (χ1v) is 8.07. The molecule has 6 heteroatoms. The lowest BCUT2D eigenvalue weighted by molar-refractivity contribution is -0.383. The average molecular weight is 346 g/mol. The largest absolute Gasteiger partial charge is 0.398 e. The van der Waals surface area contributed by atoms with Crippen molar-refractivity contribution in [3.05, 3.63) is 82.4 Å². The first-order chi connectivity index (χ1) is 12.5. The lowest BCUT2D eigenvalue weighted by Gasteiger charge is -2.02. The Bertz CT molecular complexity index is 1070. The maximum absolute atomic E-state index is 10.7. The second-order valence-corrected chi connectivity index (χ2v) is 5.86. The van der Waals surface area contributed by atoms with Crippen molar-refractivity contribution < 1.29 is 4.92 Å². The Kier molecular flexibility index (Phi) is 4.75. The number of hydrogen-bond acceptors (Lipinski definition) is 5. The number of nitro groups is 1. The van der Waals surface area contributed by atoms with Gasteiger partial charge < -0.3 is 5.73 Å². The molecule has 0 aliphatic carbocycles. The van der Waals surface area contributed by atoms with Gasteiger partial charge in [-0.1, -0.05) is 24.3 Å². The minimum atomic E-state index is -0.373. The highest BCUT2D eigenvalue weighted by Gasteiger charge is 2.11. The predicted molar refractivity (Wildman–Crippen MR) is 104 cm³/mol. The number of nitrogens with zero attached hydrogens (tertiary/aromatic N) is 3. The molecule has 0 radical (unpaired) electrons. The van der Waals surface area contributed by atoms with Gasteiger partial charge in [-0.2, -0.15) is 0 Å². The average Bonchev–Trinajstić information content (AvgIpc) is 2.63. The summed E-state index contributed by atoms with van der Waals surface area (Å²) in [7, 11) is 0. The third-order valence-corrected chi connectivity index (χ3v) is 4.22. The molecule has 2 aromatic carbocycles. The van der Waals surface area contributed by atoms with Crippen molar-refractivity contribution in [1.29, 1.82) is 0 Å². The Labute approximate surface area is 150 Å². The summed E-state index contributed by atoms with van der Waals surface area (Å²) in [6, 6.07) is 14.5. The van der Waals surface area contributed by atoms with Gasteiger partial charge in [0.2, 0.25) is 0 Å². The van der Waals surface area contributed by atoms with Crippen LogP contribution in [0.3, 0.4) is 0 Å². The normalized spacial score (nSPS) is 10.4. The molecule has 0 saturated carbocycles. The summed E-state index contributed by atoms with van der Waals surface area (Å²) in [6.07, 6.45) is 3.37.